The third kappa shape index (κ3) is 4.40. The number of carbonyl (C=O) groups is 1. The normalized spacial score (nSPS) is 25.8. The summed E-state index contributed by atoms with van der Waals surface area (Å²) in [6.45, 7) is 13.6. The molecule has 2 bridgehead atoms. The third-order valence-electron chi connectivity index (χ3n) is 6.84. The molecule has 2 atom stereocenters. The lowest BCUT2D eigenvalue weighted by molar-refractivity contribution is 0.0635. The summed E-state index contributed by atoms with van der Waals surface area (Å²) in [6.07, 6.45) is 8.35. The smallest absolute Gasteiger partial charge is 0.257 e. The molecule has 4 rings (SSSR count). The number of hydrogen-bond donors (Lipinski definition) is 0. The first-order valence-corrected chi connectivity index (χ1v) is 11.4. The largest absolute Gasteiger partial charge is 0.336 e. The number of anilines is 1. The fourth-order valence-electron chi connectivity index (χ4n) is 4.99. The zero-order chi connectivity index (χ0) is 20.4. The van der Waals surface area contributed by atoms with Gasteiger partial charge in [0.15, 0.2) is 0 Å². The van der Waals surface area contributed by atoms with Crippen molar-refractivity contribution in [2.24, 2.45) is 0 Å². The Morgan fingerprint density at radius 1 is 1.07 bits per heavy atom. The molecule has 29 heavy (non-hydrogen) atoms. The maximum atomic E-state index is 12.9. The Morgan fingerprint density at radius 3 is 2.24 bits per heavy atom. The van der Waals surface area contributed by atoms with Gasteiger partial charge in [0.05, 0.1) is 5.56 Å². The van der Waals surface area contributed by atoms with Crippen molar-refractivity contribution in [2.75, 3.05) is 50.7 Å². The molecule has 0 N–H and O–H groups in total. The number of carbonyl (C=O) groups excluding carboxylic acids is 1. The minimum Gasteiger partial charge on any atom is -0.336 e. The predicted molar refractivity (Wildman–Crippen MR) is 115 cm³/mol. The summed E-state index contributed by atoms with van der Waals surface area (Å²) in [6, 6.07) is 1.58. The van der Waals surface area contributed by atoms with Crippen molar-refractivity contribution in [3.8, 4) is 0 Å². The van der Waals surface area contributed by atoms with E-state index in [2.05, 4.69) is 45.4 Å². The molecule has 1 aromatic heterocycles. The molecule has 7 nitrogen and oxygen atoms in total. The fraction of sp³-hybridized carbons (Fsp3) is 0.773. The van der Waals surface area contributed by atoms with Gasteiger partial charge in [0.2, 0.25) is 5.95 Å². The molecule has 0 spiro atoms. The minimum absolute atomic E-state index is 0.0688. The summed E-state index contributed by atoms with van der Waals surface area (Å²) in [4.78, 5) is 31.5. The van der Waals surface area contributed by atoms with E-state index in [4.69, 9.17) is 0 Å². The number of fused-ring (bicyclic) bond motifs is 2. The molecule has 4 heterocycles. The molecule has 3 fully saturated rings. The maximum Gasteiger partial charge on any atom is 0.257 e. The minimum atomic E-state index is 0.0688. The van der Waals surface area contributed by atoms with E-state index < -0.39 is 0 Å². The number of nitrogens with zero attached hydrogens (tertiary/aromatic N) is 6. The molecule has 1 amide bonds. The molecule has 3 aliphatic rings. The third-order valence-corrected chi connectivity index (χ3v) is 6.84. The van der Waals surface area contributed by atoms with E-state index >= 15 is 0 Å². The van der Waals surface area contributed by atoms with Crippen LogP contribution in [0.2, 0.25) is 0 Å². The van der Waals surface area contributed by atoms with Gasteiger partial charge in [0.1, 0.15) is 0 Å². The van der Waals surface area contributed by atoms with E-state index in [0.29, 0.717) is 23.7 Å². The van der Waals surface area contributed by atoms with Gasteiger partial charge in [-0.2, -0.15) is 0 Å². The first-order chi connectivity index (χ1) is 14.1. The first kappa shape index (κ1) is 20.5. The van der Waals surface area contributed by atoms with E-state index in [9.17, 15) is 4.79 Å². The van der Waals surface area contributed by atoms with E-state index in [1.165, 1.54) is 25.7 Å². The molecule has 160 valence electrons. The van der Waals surface area contributed by atoms with Crippen molar-refractivity contribution >= 4 is 11.9 Å². The first-order valence-electron chi connectivity index (χ1n) is 11.4. The van der Waals surface area contributed by atoms with Gasteiger partial charge >= 0.3 is 0 Å². The van der Waals surface area contributed by atoms with Crippen LogP contribution in [0.15, 0.2) is 12.4 Å². The monoisotopic (exact) mass is 400 g/mol. The Balaban J connectivity index is 1.36. The van der Waals surface area contributed by atoms with E-state index in [-0.39, 0.29) is 5.91 Å². The number of amides is 1. The average Bonchev–Trinajstić information content (AvgIpc) is 3.01. The molecule has 0 aliphatic carbocycles. The zero-order valence-corrected chi connectivity index (χ0v) is 18.3. The topological polar surface area (TPSA) is 55.8 Å². The highest BCUT2D eigenvalue weighted by atomic mass is 16.2. The highest BCUT2D eigenvalue weighted by Crippen LogP contribution is 2.33. The molecule has 0 radical (unpaired) electrons. The van der Waals surface area contributed by atoms with Crippen LogP contribution in [-0.2, 0) is 0 Å². The fourth-order valence-corrected chi connectivity index (χ4v) is 4.99. The van der Waals surface area contributed by atoms with Gasteiger partial charge in [-0.1, -0.05) is 13.3 Å². The van der Waals surface area contributed by atoms with Crippen molar-refractivity contribution in [1.82, 2.24) is 24.7 Å². The summed E-state index contributed by atoms with van der Waals surface area (Å²) < 4.78 is 0. The highest BCUT2D eigenvalue weighted by molar-refractivity contribution is 5.93. The van der Waals surface area contributed by atoms with Gasteiger partial charge in [-0.15, -0.1) is 0 Å². The van der Waals surface area contributed by atoms with Crippen LogP contribution in [0.5, 0.6) is 0 Å². The van der Waals surface area contributed by atoms with Gasteiger partial charge in [-0.3, -0.25) is 14.6 Å². The lowest BCUT2D eigenvalue weighted by atomic mass is 10.1. The van der Waals surface area contributed by atoms with Gasteiger partial charge < -0.3 is 9.80 Å². The van der Waals surface area contributed by atoms with Crippen molar-refractivity contribution < 1.29 is 4.79 Å². The second-order valence-electron chi connectivity index (χ2n) is 9.10. The quantitative estimate of drug-likeness (QED) is 0.729. The van der Waals surface area contributed by atoms with E-state index in [1.807, 2.05) is 4.90 Å². The van der Waals surface area contributed by atoms with Gasteiger partial charge in [-0.25, -0.2) is 9.97 Å². The number of piperazine rings is 2. The lowest BCUT2D eigenvalue weighted by Gasteiger charge is -2.42. The lowest BCUT2D eigenvalue weighted by Crippen LogP contribution is -2.56. The summed E-state index contributed by atoms with van der Waals surface area (Å²) in [5.74, 6) is 0.862. The Bertz CT molecular complexity index is 671. The molecule has 3 saturated heterocycles. The Kier molecular flexibility index (Phi) is 6.35. The van der Waals surface area contributed by atoms with Gasteiger partial charge in [-0.05, 0) is 39.7 Å². The summed E-state index contributed by atoms with van der Waals surface area (Å²) in [5, 5.41) is 0. The molecule has 1 aromatic rings. The highest BCUT2D eigenvalue weighted by Gasteiger charge is 2.41. The zero-order valence-electron chi connectivity index (χ0n) is 18.3. The van der Waals surface area contributed by atoms with E-state index in [1.54, 1.807) is 12.4 Å². The predicted octanol–water partition coefficient (Wildman–Crippen LogP) is 2.10. The number of hydrogen-bond acceptors (Lipinski definition) is 6. The number of unbranched alkanes of at least 4 members (excludes halogenated alkanes) is 1. The van der Waals surface area contributed by atoms with Crippen LogP contribution >= 0.6 is 0 Å². The second-order valence-corrected chi connectivity index (χ2v) is 9.10. The van der Waals surface area contributed by atoms with Crippen LogP contribution in [0.4, 0.5) is 5.95 Å². The van der Waals surface area contributed by atoms with E-state index in [0.717, 1.165) is 51.8 Å². The van der Waals surface area contributed by atoms with Crippen LogP contribution in [0.1, 0.15) is 56.8 Å². The van der Waals surface area contributed by atoms with Crippen LogP contribution in [-0.4, -0.2) is 94.5 Å². The van der Waals surface area contributed by atoms with Crippen LogP contribution in [0.3, 0.4) is 0 Å². The Hall–Kier alpha value is -1.73. The summed E-state index contributed by atoms with van der Waals surface area (Å²) in [7, 11) is 0. The number of likely N-dealkylation sites (tertiary alicyclic amines) is 1. The second kappa shape index (κ2) is 8.96. The molecule has 2 unspecified atom stereocenters. The molecule has 0 aromatic carbocycles. The number of rotatable bonds is 6. The van der Waals surface area contributed by atoms with Crippen LogP contribution in [0.25, 0.3) is 0 Å². The van der Waals surface area contributed by atoms with Crippen molar-refractivity contribution in [3.05, 3.63) is 18.0 Å². The number of aromatic nitrogens is 2. The SMILES string of the molecule is CCCCN1CCN(C(=O)c2cnc(N3C4CCC3CN(C(C)C)C4)nc2)CC1. The van der Waals surface area contributed by atoms with Crippen molar-refractivity contribution in [1.29, 1.82) is 0 Å². The van der Waals surface area contributed by atoms with Gasteiger partial charge in [0.25, 0.3) is 5.91 Å². The summed E-state index contributed by atoms with van der Waals surface area (Å²) in [5.41, 5.74) is 0.615. The Morgan fingerprint density at radius 2 is 1.69 bits per heavy atom. The molecular formula is C22H36N6O. The average molecular weight is 401 g/mol. The molecule has 7 heteroatoms. The standard InChI is InChI=1S/C22H36N6O/c1-4-5-8-25-9-11-26(12-10-25)21(29)18-13-23-22(24-14-18)28-19-6-7-20(28)16-27(15-19)17(2)3/h13-14,17,19-20H,4-12,15-16H2,1-3H3. The summed E-state index contributed by atoms with van der Waals surface area (Å²) >= 11 is 0. The molecule has 0 saturated carbocycles. The van der Waals surface area contributed by atoms with Gasteiger partial charge in [0, 0.05) is 69.8 Å². The van der Waals surface area contributed by atoms with Crippen LogP contribution in [0, 0.1) is 0 Å². The van der Waals surface area contributed by atoms with Crippen molar-refractivity contribution in [2.45, 2.75) is 64.6 Å². The maximum absolute atomic E-state index is 12.9. The van der Waals surface area contributed by atoms with Crippen LogP contribution < -0.4 is 4.90 Å². The van der Waals surface area contributed by atoms with Crippen molar-refractivity contribution in [3.63, 3.8) is 0 Å². The molecule has 3 aliphatic heterocycles. The molecular weight excluding hydrogens is 364 g/mol. The Labute approximate surface area is 175 Å².